The maximum atomic E-state index is 13.2. The highest BCUT2D eigenvalue weighted by molar-refractivity contribution is 5.98. The van der Waals surface area contributed by atoms with Crippen LogP contribution in [0.3, 0.4) is 0 Å². The van der Waals surface area contributed by atoms with E-state index in [1.807, 2.05) is 4.90 Å². The summed E-state index contributed by atoms with van der Waals surface area (Å²) in [6.07, 6.45) is 6.68. The Bertz CT molecular complexity index is 1200. The van der Waals surface area contributed by atoms with Crippen molar-refractivity contribution < 1.29 is 53.9 Å². The standard InChI is InChI=1S/C23H34N4O3.2C4H4O4/c1-25-11-9-19(10-12-25)26-13-15-27(16-14-26)23(29)21(17-3-4-17)24-22(28)18-5-7-20(30-2)8-6-18;2*5-3(6)1-2-4(7)8/h5-8,17,19,21H,3-4,9-16H2,1-2H3,(H,24,28);2*1-2H,(H,5,6)(H,7,8)/b;2*2-1-/t21-;;/m1../s1. The van der Waals surface area contributed by atoms with Gasteiger partial charge < -0.3 is 40.3 Å². The Morgan fingerprint density at radius 3 is 1.59 bits per heavy atom. The molecule has 46 heavy (non-hydrogen) atoms. The van der Waals surface area contributed by atoms with Gasteiger partial charge in [-0.3, -0.25) is 14.5 Å². The zero-order valence-corrected chi connectivity index (χ0v) is 25.9. The van der Waals surface area contributed by atoms with Crippen molar-refractivity contribution in [2.24, 2.45) is 5.92 Å². The summed E-state index contributed by atoms with van der Waals surface area (Å²) in [5.41, 5.74) is 0.557. The average Bonchev–Trinajstić information content (AvgIpc) is 3.88. The molecule has 15 nitrogen and oxygen atoms in total. The first-order valence-corrected chi connectivity index (χ1v) is 14.7. The van der Waals surface area contributed by atoms with Gasteiger partial charge in [0.15, 0.2) is 0 Å². The van der Waals surface area contributed by atoms with Gasteiger partial charge >= 0.3 is 23.9 Å². The van der Waals surface area contributed by atoms with Gasteiger partial charge in [-0.15, -0.1) is 0 Å². The molecule has 0 bridgehead atoms. The van der Waals surface area contributed by atoms with E-state index in [2.05, 4.69) is 22.2 Å². The number of benzene rings is 1. The number of rotatable bonds is 10. The van der Waals surface area contributed by atoms with Gasteiger partial charge in [-0.2, -0.15) is 0 Å². The lowest BCUT2D eigenvalue weighted by Crippen LogP contribution is -2.58. The van der Waals surface area contributed by atoms with Crippen LogP contribution in [0, 0.1) is 5.92 Å². The van der Waals surface area contributed by atoms with Crippen molar-refractivity contribution in [3.05, 3.63) is 54.1 Å². The van der Waals surface area contributed by atoms with Crippen LogP contribution in [0.5, 0.6) is 5.75 Å². The lowest BCUT2D eigenvalue weighted by Gasteiger charge is -2.42. The molecule has 2 saturated heterocycles. The highest BCUT2D eigenvalue weighted by atomic mass is 16.5. The summed E-state index contributed by atoms with van der Waals surface area (Å²) in [6.45, 7) is 5.70. The summed E-state index contributed by atoms with van der Waals surface area (Å²) in [5.74, 6) is -4.15. The summed E-state index contributed by atoms with van der Waals surface area (Å²) in [6, 6.07) is 7.25. The molecule has 15 heteroatoms. The van der Waals surface area contributed by atoms with E-state index in [-0.39, 0.29) is 17.7 Å². The minimum absolute atomic E-state index is 0.0855. The van der Waals surface area contributed by atoms with Crippen molar-refractivity contribution in [3.8, 4) is 5.75 Å². The number of nitrogens with one attached hydrogen (secondary N) is 1. The molecule has 1 aliphatic carbocycles. The average molecular weight is 647 g/mol. The molecule has 1 aromatic carbocycles. The van der Waals surface area contributed by atoms with Crippen LogP contribution in [0.4, 0.5) is 0 Å². The Labute approximate surface area is 266 Å². The minimum Gasteiger partial charge on any atom is -0.497 e. The third kappa shape index (κ3) is 13.9. The number of carbonyl (C=O) groups excluding carboxylic acids is 2. The smallest absolute Gasteiger partial charge is 0.328 e. The SMILES string of the molecule is COc1ccc(C(=O)N[C@@H](C(=O)N2CCN(C3CCN(C)CC3)CC2)C2CC2)cc1.O=C(O)/C=C\C(=O)O.O=C(O)/C=C\C(=O)O. The summed E-state index contributed by atoms with van der Waals surface area (Å²) < 4.78 is 5.15. The second kappa shape index (κ2) is 18.9. The van der Waals surface area contributed by atoms with E-state index in [9.17, 15) is 28.8 Å². The summed E-state index contributed by atoms with van der Waals surface area (Å²) >= 11 is 0. The van der Waals surface area contributed by atoms with Crippen LogP contribution < -0.4 is 10.1 Å². The molecule has 4 rings (SSSR count). The third-order valence-electron chi connectivity index (χ3n) is 7.57. The fourth-order valence-corrected chi connectivity index (χ4v) is 4.93. The topological polar surface area (TPSA) is 214 Å². The lowest BCUT2D eigenvalue weighted by atomic mass is 10.0. The highest BCUT2D eigenvalue weighted by Gasteiger charge is 2.40. The van der Waals surface area contributed by atoms with Crippen LogP contribution in [0.1, 0.15) is 36.0 Å². The van der Waals surface area contributed by atoms with Crippen LogP contribution in [0.15, 0.2) is 48.6 Å². The van der Waals surface area contributed by atoms with E-state index < -0.39 is 29.9 Å². The van der Waals surface area contributed by atoms with Crippen LogP contribution in [-0.4, -0.2) is 136 Å². The molecule has 0 spiro atoms. The van der Waals surface area contributed by atoms with Crippen LogP contribution in [0.2, 0.25) is 0 Å². The first kappa shape index (κ1) is 37.4. The monoisotopic (exact) mass is 646 g/mol. The number of hydrogen-bond acceptors (Lipinski definition) is 9. The quantitative estimate of drug-likeness (QED) is 0.223. The van der Waals surface area contributed by atoms with E-state index in [1.54, 1.807) is 31.4 Å². The first-order valence-electron chi connectivity index (χ1n) is 14.7. The number of aliphatic carboxylic acids is 4. The number of piperazine rings is 1. The van der Waals surface area contributed by atoms with Gasteiger partial charge in [0.25, 0.3) is 5.91 Å². The number of carbonyl (C=O) groups is 6. The molecule has 0 radical (unpaired) electrons. The number of methoxy groups -OCH3 is 1. The summed E-state index contributed by atoms with van der Waals surface area (Å²) in [7, 11) is 3.79. The highest BCUT2D eigenvalue weighted by Crippen LogP contribution is 2.34. The molecule has 1 atom stereocenters. The summed E-state index contributed by atoms with van der Waals surface area (Å²) in [5, 5.41) is 34.3. The lowest BCUT2D eigenvalue weighted by molar-refractivity contribution is -0.136. The van der Waals surface area contributed by atoms with E-state index in [1.165, 1.54) is 12.8 Å². The largest absolute Gasteiger partial charge is 0.497 e. The number of carboxylic acid groups (broad SMARTS) is 4. The number of likely N-dealkylation sites (tertiary alicyclic amines) is 1. The second-order valence-corrected chi connectivity index (χ2v) is 10.9. The molecule has 5 N–H and O–H groups in total. The Morgan fingerprint density at radius 1 is 0.739 bits per heavy atom. The van der Waals surface area contributed by atoms with E-state index in [4.69, 9.17) is 25.2 Å². The van der Waals surface area contributed by atoms with Gasteiger partial charge in [0.05, 0.1) is 7.11 Å². The van der Waals surface area contributed by atoms with E-state index >= 15 is 0 Å². The van der Waals surface area contributed by atoms with Crippen molar-refractivity contribution in [1.82, 2.24) is 20.0 Å². The zero-order chi connectivity index (χ0) is 34.2. The first-order chi connectivity index (χ1) is 21.8. The van der Waals surface area contributed by atoms with Gasteiger partial charge in [-0.1, -0.05) is 0 Å². The van der Waals surface area contributed by atoms with E-state index in [0.29, 0.717) is 41.7 Å². The van der Waals surface area contributed by atoms with Gasteiger partial charge in [0.2, 0.25) is 5.91 Å². The molecule has 2 amide bonds. The van der Waals surface area contributed by atoms with Crippen LogP contribution >= 0.6 is 0 Å². The third-order valence-corrected chi connectivity index (χ3v) is 7.57. The molecular formula is C31H42N4O11. The number of nitrogens with zero attached hydrogens (tertiary/aromatic N) is 3. The summed E-state index contributed by atoms with van der Waals surface area (Å²) in [4.78, 5) is 71.1. The molecule has 2 heterocycles. The minimum atomic E-state index is -1.26. The van der Waals surface area contributed by atoms with Crippen molar-refractivity contribution >= 4 is 35.7 Å². The maximum absolute atomic E-state index is 13.2. The second-order valence-electron chi connectivity index (χ2n) is 10.9. The number of carboxylic acids is 4. The molecule has 0 unspecified atom stereocenters. The van der Waals surface area contributed by atoms with Crippen LogP contribution in [0.25, 0.3) is 0 Å². The predicted molar refractivity (Wildman–Crippen MR) is 164 cm³/mol. The molecule has 3 fully saturated rings. The van der Waals surface area contributed by atoms with Crippen molar-refractivity contribution in [1.29, 1.82) is 0 Å². The number of amides is 2. The fraction of sp³-hybridized carbons (Fsp3) is 0.484. The van der Waals surface area contributed by atoms with Crippen molar-refractivity contribution in [2.75, 3.05) is 53.4 Å². The van der Waals surface area contributed by atoms with Gasteiger partial charge in [-0.25, -0.2) is 19.2 Å². The van der Waals surface area contributed by atoms with E-state index in [0.717, 1.165) is 52.1 Å². The number of ether oxygens (including phenoxy) is 1. The number of piperidine rings is 1. The molecule has 2 aliphatic heterocycles. The van der Waals surface area contributed by atoms with Gasteiger partial charge in [-0.05, 0) is 76.0 Å². The normalized spacial score (nSPS) is 18.0. The maximum Gasteiger partial charge on any atom is 0.328 e. The predicted octanol–water partition coefficient (Wildman–Crippen LogP) is 0.866. The van der Waals surface area contributed by atoms with Gasteiger partial charge in [0.1, 0.15) is 11.8 Å². The molecule has 0 aromatic heterocycles. The number of hydrogen-bond donors (Lipinski definition) is 5. The fourth-order valence-electron chi connectivity index (χ4n) is 4.93. The van der Waals surface area contributed by atoms with Crippen molar-refractivity contribution in [2.45, 2.75) is 37.8 Å². The molecular weight excluding hydrogens is 604 g/mol. The van der Waals surface area contributed by atoms with Crippen LogP contribution in [-0.2, 0) is 24.0 Å². The Kier molecular flexibility index (Phi) is 15.4. The van der Waals surface area contributed by atoms with Gasteiger partial charge in [0, 0.05) is 62.1 Å². The Morgan fingerprint density at radius 2 is 1.20 bits per heavy atom. The molecule has 1 saturated carbocycles. The van der Waals surface area contributed by atoms with Crippen molar-refractivity contribution in [3.63, 3.8) is 0 Å². The zero-order valence-electron chi connectivity index (χ0n) is 25.9. The molecule has 1 aromatic rings. The molecule has 252 valence electrons. The Balaban J connectivity index is 0.000000381. The molecule has 3 aliphatic rings. The Hall–Kier alpha value is -4.76.